The number of carboxylic acid groups (broad SMARTS) is 1. The number of hydrogen-bond donors (Lipinski definition) is 2. The Balaban J connectivity index is 1.90. The maximum atomic E-state index is 13.1. The summed E-state index contributed by atoms with van der Waals surface area (Å²) in [5, 5.41) is 11.3. The monoisotopic (exact) mass is 398 g/mol. The lowest BCUT2D eigenvalue weighted by atomic mass is 10.1. The van der Waals surface area contributed by atoms with E-state index in [1.165, 1.54) is 21.5 Å². The normalized spacial score (nSPS) is 11.3. The van der Waals surface area contributed by atoms with Gasteiger partial charge in [0.2, 0.25) is 0 Å². The summed E-state index contributed by atoms with van der Waals surface area (Å²) in [5.41, 5.74) is 3.33. The molecule has 4 rings (SSSR count). The molecule has 0 fully saturated rings. The van der Waals surface area contributed by atoms with E-state index in [0.29, 0.717) is 28.3 Å². The molecule has 0 radical (unpaired) electrons. The first-order valence-corrected chi connectivity index (χ1v) is 8.67. The number of hydrogen-bond acceptors (Lipinski definition) is 4. The van der Waals surface area contributed by atoms with Crippen LogP contribution < -0.4 is 5.32 Å². The molecule has 0 aliphatic carbocycles. The van der Waals surface area contributed by atoms with Gasteiger partial charge in [0, 0.05) is 17.5 Å². The first-order valence-electron chi connectivity index (χ1n) is 8.67. The number of aryl methyl sites for hydroxylation is 1. The van der Waals surface area contributed by atoms with E-state index in [1.54, 1.807) is 24.4 Å². The maximum absolute atomic E-state index is 13.1. The van der Waals surface area contributed by atoms with Gasteiger partial charge >= 0.3 is 6.09 Å². The van der Waals surface area contributed by atoms with Crippen molar-refractivity contribution in [1.82, 2.24) is 23.9 Å². The predicted molar refractivity (Wildman–Crippen MR) is 102 cm³/mol. The number of halogens is 2. The molecule has 8 nitrogen and oxygen atoms in total. The summed E-state index contributed by atoms with van der Waals surface area (Å²) in [6, 6.07) is 8.82. The standard InChI is InChI=1S/C19H16F2N6O2/c1-11-3-2-4-13(24-11)17-18(26(10-23-17)9-14(20)21)12-5-6-15-22-7-16(25-19(28)29)27(15)8-12/h2-8,10,14,25H,9H2,1H3,(H,28,29). The van der Waals surface area contributed by atoms with Crippen molar-refractivity contribution >= 4 is 17.6 Å². The van der Waals surface area contributed by atoms with Crippen molar-refractivity contribution in [2.45, 2.75) is 19.9 Å². The fraction of sp³-hybridized carbons (Fsp3) is 0.158. The van der Waals surface area contributed by atoms with Gasteiger partial charge in [-0.3, -0.25) is 14.7 Å². The SMILES string of the molecule is Cc1cccc(-c2ncn(CC(F)F)c2-c2ccc3ncc(NC(=O)O)n3c2)n1. The topological polar surface area (TPSA) is 97.3 Å². The molecule has 0 atom stereocenters. The van der Waals surface area contributed by atoms with E-state index < -0.39 is 19.1 Å². The first kappa shape index (κ1) is 18.5. The van der Waals surface area contributed by atoms with Gasteiger partial charge in [-0.05, 0) is 31.2 Å². The minimum atomic E-state index is -2.57. The zero-order valence-corrected chi connectivity index (χ0v) is 15.3. The van der Waals surface area contributed by atoms with Gasteiger partial charge in [0.25, 0.3) is 6.43 Å². The van der Waals surface area contributed by atoms with E-state index in [1.807, 2.05) is 19.1 Å². The van der Waals surface area contributed by atoms with Gasteiger partial charge in [-0.25, -0.2) is 23.5 Å². The lowest BCUT2D eigenvalue weighted by molar-refractivity contribution is 0.127. The Bertz CT molecular complexity index is 1200. The molecule has 0 aliphatic rings. The highest BCUT2D eigenvalue weighted by molar-refractivity contribution is 5.83. The second kappa shape index (κ2) is 7.30. The third kappa shape index (κ3) is 3.64. The van der Waals surface area contributed by atoms with E-state index in [-0.39, 0.29) is 5.82 Å². The van der Waals surface area contributed by atoms with Crippen LogP contribution in [0.2, 0.25) is 0 Å². The molecule has 29 heavy (non-hydrogen) atoms. The Morgan fingerprint density at radius 2 is 2.07 bits per heavy atom. The summed E-state index contributed by atoms with van der Waals surface area (Å²) < 4.78 is 29.2. The van der Waals surface area contributed by atoms with Gasteiger partial charge in [-0.2, -0.15) is 0 Å². The van der Waals surface area contributed by atoms with E-state index in [9.17, 15) is 13.6 Å². The fourth-order valence-corrected chi connectivity index (χ4v) is 3.16. The number of anilines is 1. The van der Waals surface area contributed by atoms with Crippen LogP contribution in [0.1, 0.15) is 5.69 Å². The van der Waals surface area contributed by atoms with Crippen molar-refractivity contribution < 1.29 is 18.7 Å². The molecule has 0 aliphatic heterocycles. The average Bonchev–Trinajstić information content (AvgIpc) is 3.25. The van der Waals surface area contributed by atoms with Crippen LogP contribution in [0, 0.1) is 6.92 Å². The smallest absolute Gasteiger partial charge is 0.410 e. The summed E-state index contributed by atoms with van der Waals surface area (Å²) in [6.45, 7) is 1.30. The molecule has 1 amide bonds. The van der Waals surface area contributed by atoms with Crippen molar-refractivity contribution in [1.29, 1.82) is 0 Å². The Morgan fingerprint density at radius 1 is 1.24 bits per heavy atom. The summed E-state index contributed by atoms with van der Waals surface area (Å²) in [6.07, 6.45) is 0.570. The summed E-state index contributed by atoms with van der Waals surface area (Å²) >= 11 is 0. The van der Waals surface area contributed by atoms with Crippen LogP contribution >= 0.6 is 0 Å². The number of imidazole rings is 2. The molecule has 10 heteroatoms. The van der Waals surface area contributed by atoms with Gasteiger partial charge < -0.3 is 9.67 Å². The summed E-state index contributed by atoms with van der Waals surface area (Å²) in [7, 11) is 0. The van der Waals surface area contributed by atoms with Crippen LogP contribution in [-0.2, 0) is 6.54 Å². The number of aromatic nitrogens is 5. The largest absolute Gasteiger partial charge is 0.465 e. The Labute approximate surface area is 163 Å². The average molecular weight is 398 g/mol. The summed E-state index contributed by atoms with van der Waals surface area (Å²) in [4.78, 5) is 23.9. The number of rotatable bonds is 5. The number of nitrogens with one attached hydrogen (secondary N) is 1. The lowest BCUT2D eigenvalue weighted by Gasteiger charge is -2.11. The molecule has 4 aromatic heterocycles. The first-order chi connectivity index (χ1) is 13.9. The van der Waals surface area contributed by atoms with Crippen LogP contribution in [-0.4, -0.2) is 41.5 Å². The highest BCUT2D eigenvalue weighted by atomic mass is 19.3. The highest BCUT2D eigenvalue weighted by Gasteiger charge is 2.19. The zero-order valence-electron chi connectivity index (χ0n) is 15.3. The number of fused-ring (bicyclic) bond motifs is 1. The number of nitrogens with zero attached hydrogens (tertiary/aromatic N) is 5. The zero-order chi connectivity index (χ0) is 20.5. The third-order valence-corrected chi connectivity index (χ3v) is 4.32. The number of alkyl halides is 2. The van der Waals surface area contributed by atoms with Crippen molar-refractivity contribution in [3.8, 4) is 22.6 Å². The molecular formula is C19H16F2N6O2. The molecule has 0 unspecified atom stereocenters. The Kier molecular flexibility index (Phi) is 4.67. The number of pyridine rings is 2. The second-order valence-electron chi connectivity index (χ2n) is 6.37. The Morgan fingerprint density at radius 3 is 2.79 bits per heavy atom. The highest BCUT2D eigenvalue weighted by Crippen LogP contribution is 2.31. The molecule has 0 spiro atoms. The molecule has 148 valence electrons. The van der Waals surface area contributed by atoms with Gasteiger partial charge in [-0.15, -0.1) is 0 Å². The minimum Gasteiger partial charge on any atom is -0.465 e. The van der Waals surface area contributed by atoms with Gasteiger partial charge in [0.05, 0.1) is 30.5 Å². The fourth-order valence-electron chi connectivity index (χ4n) is 3.16. The van der Waals surface area contributed by atoms with Crippen LogP contribution in [0.5, 0.6) is 0 Å². The van der Waals surface area contributed by atoms with Crippen molar-refractivity contribution in [2.24, 2.45) is 0 Å². The molecule has 0 aromatic carbocycles. The number of amides is 1. The molecule has 0 saturated heterocycles. The van der Waals surface area contributed by atoms with Crippen LogP contribution in [0.4, 0.5) is 19.4 Å². The molecule has 0 bridgehead atoms. The van der Waals surface area contributed by atoms with E-state index in [2.05, 4.69) is 20.3 Å². The van der Waals surface area contributed by atoms with Gasteiger partial charge in [0.1, 0.15) is 17.2 Å². The number of carbonyl (C=O) groups is 1. The van der Waals surface area contributed by atoms with E-state index in [0.717, 1.165) is 5.69 Å². The minimum absolute atomic E-state index is 0.240. The van der Waals surface area contributed by atoms with Crippen LogP contribution in [0.25, 0.3) is 28.3 Å². The Hall–Kier alpha value is -3.82. The van der Waals surface area contributed by atoms with Crippen LogP contribution in [0.3, 0.4) is 0 Å². The molecule has 0 saturated carbocycles. The summed E-state index contributed by atoms with van der Waals surface area (Å²) in [5.74, 6) is 0.240. The van der Waals surface area contributed by atoms with E-state index >= 15 is 0 Å². The van der Waals surface area contributed by atoms with Crippen molar-refractivity contribution in [2.75, 3.05) is 5.32 Å². The van der Waals surface area contributed by atoms with Crippen LogP contribution in [0.15, 0.2) is 49.1 Å². The predicted octanol–water partition coefficient (Wildman–Crippen LogP) is 3.92. The molecule has 4 heterocycles. The second-order valence-corrected chi connectivity index (χ2v) is 6.37. The molecule has 4 aromatic rings. The maximum Gasteiger partial charge on any atom is 0.410 e. The van der Waals surface area contributed by atoms with Crippen molar-refractivity contribution in [3.05, 3.63) is 54.7 Å². The van der Waals surface area contributed by atoms with Crippen molar-refractivity contribution in [3.63, 3.8) is 0 Å². The van der Waals surface area contributed by atoms with Gasteiger partial charge in [0.15, 0.2) is 0 Å². The quantitative estimate of drug-likeness (QED) is 0.531. The lowest BCUT2D eigenvalue weighted by Crippen LogP contribution is -2.10. The third-order valence-electron chi connectivity index (χ3n) is 4.32. The van der Waals surface area contributed by atoms with Gasteiger partial charge in [-0.1, -0.05) is 6.07 Å². The molecular weight excluding hydrogens is 382 g/mol. The van der Waals surface area contributed by atoms with E-state index in [4.69, 9.17) is 5.11 Å². The molecule has 2 N–H and O–H groups in total.